The first-order valence-electron chi connectivity index (χ1n) is 4.80. The lowest BCUT2D eigenvalue weighted by atomic mass is 10.1. The van der Waals surface area contributed by atoms with Gasteiger partial charge < -0.3 is 9.84 Å². The number of nitrogens with zero attached hydrogens (tertiary/aromatic N) is 2. The Morgan fingerprint density at radius 3 is 2.71 bits per heavy atom. The van der Waals surface area contributed by atoms with Crippen molar-refractivity contribution in [1.82, 2.24) is 9.97 Å². The Labute approximate surface area is 97.4 Å². The minimum Gasteiger partial charge on any atom is -0.481 e. The Morgan fingerprint density at radius 1 is 1.41 bits per heavy atom. The second kappa shape index (κ2) is 3.95. The van der Waals surface area contributed by atoms with Crippen LogP contribution in [0.25, 0.3) is 0 Å². The molecular formula is C9H10N2O5S. The minimum atomic E-state index is -3.20. The predicted molar refractivity (Wildman–Crippen MR) is 56.7 cm³/mol. The summed E-state index contributed by atoms with van der Waals surface area (Å²) in [4.78, 5) is 18.3. The van der Waals surface area contributed by atoms with E-state index in [2.05, 4.69) is 9.97 Å². The summed E-state index contributed by atoms with van der Waals surface area (Å²) in [5.41, 5.74) is 0.799. The third-order valence-corrected chi connectivity index (χ3v) is 4.00. The zero-order valence-corrected chi connectivity index (χ0v) is 9.82. The molecule has 0 radical (unpaired) electrons. The van der Waals surface area contributed by atoms with E-state index < -0.39 is 21.6 Å². The lowest BCUT2D eigenvalue weighted by molar-refractivity contribution is 0.0681. The van der Waals surface area contributed by atoms with Crippen LogP contribution in [0.3, 0.4) is 0 Å². The molecular weight excluding hydrogens is 248 g/mol. The second-order valence-electron chi connectivity index (χ2n) is 3.63. The van der Waals surface area contributed by atoms with E-state index in [4.69, 9.17) is 9.84 Å². The molecule has 7 nitrogen and oxygen atoms in total. The molecule has 0 fully saturated rings. The summed E-state index contributed by atoms with van der Waals surface area (Å²) >= 11 is 0. The van der Waals surface area contributed by atoms with E-state index in [1.807, 2.05) is 0 Å². The van der Waals surface area contributed by atoms with Crippen molar-refractivity contribution >= 4 is 15.8 Å². The van der Waals surface area contributed by atoms with E-state index in [9.17, 15) is 13.2 Å². The highest BCUT2D eigenvalue weighted by Gasteiger charge is 2.27. The van der Waals surface area contributed by atoms with Gasteiger partial charge in [-0.2, -0.15) is 4.98 Å². The zero-order valence-electron chi connectivity index (χ0n) is 9.00. The molecule has 0 amide bonds. The van der Waals surface area contributed by atoms with Gasteiger partial charge in [-0.25, -0.2) is 18.2 Å². The van der Waals surface area contributed by atoms with Gasteiger partial charge in [-0.3, -0.25) is 0 Å². The van der Waals surface area contributed by atoms with Crippen LogP contribution in [-0.4, -0.2) is 42.3 Å². The molecule has 17 heavy (non-hydrogen) atoms. The highest BCUT2D eigenvalue weighted by Crippen LogP contribution is 2.26. The summed E-state index contributed by atoms with van der Waals surface area (Å²) < 4.78 is 27.9. The van der Waals surface area contributed by atoms with Crippen molar-refractivity contribution in [3.8, 4) is 5.88 Å². The SMILES string of the molecule is COc1nc(C(=O)O)nc2c1CCS(=O)(=O)C2. The third-order valence-electron chi connectivity index (χ3n) is 2.46. The number of aromatic carboxylic acids is 1. The van der Waals surface area contributed by atoms with Crippen LogP contribution in [0.2, 0.25) is 0 Å². The van der Waals surface area contributed by atoms with Gasteiger partial charge in [0.2, 0.25) is 11.7 Å². The Balaban J connectivity index is 2.59. The summed E-state index contributed by atoms with van der Waals surface area (Å²) in [7, 11) is -1.84. The first-order chi connectivity index (χ1) is 7.93. The number of sulfone groups is 1. The molecule has 0 spiro atoms. The lowest BCUT2D eigenvalue weighted by Gasteiger charge is -2.17. The standard InChI is InChI=1S/C9H10N2O5S/c1-16-8-5-2-3-17(14,15)4-6(5)10-7(11-8)9(12)13/h2-4H2,1H3,(H,12,13). The zero-order chi connectivity index (χ0) is 12.6. The highest BCUT2D eigenvalue weighted by atomic mass is 32.2. The van der Waals surface area contributed by atoms with Crippen molar-refractivity contribution in [1.29, 1.82) is 0 Å². The third kappa shape index (κ3) is 2.21. The molecule has 1 aliphatic heterocycles. The molecule has 0 aromatic carbocycles. The molecule has 0 atom stereocenters. The van der Waals surface area contributed by atoms with Crippen molar-refractivity contribution in [2.75, 3.05) is 12.9 Å². The summed E-state index contributed by atoms with van der Waals surface area (Å²) in [5, 5.41) is 8.81. The Kier molecular flexibility index (Phi) is 2.74. The summed E-state index contributed by atoms with van der Waals surface area (Å²) in [6.07, 6.45) is 0.251. The molecule has 0 unspecified atom stereocenters. The maximum atomic E-state index is 11.4. The number of carboxylic acid groups (broad SMARTS) is 1. The van der Waals surface area contributed by atoms with Crippen molar-refractivity contribution in [2.24, 2.45) is 0 Å². The fourth-order valence-electron chi connectivity index (χ4n) is 1.68. The molecule has 2 heterocycles. The van der Waals surface area contributed by atoms with Gasteiger partial charge in [0.25, 0.3) is 0 Å². The molecule has 1 aromatic heterocycles. The molecule has 2 rings (SSSR count). The van der Waals surface area contributed by atoms with E-state index in [1.165, 1.54) is 7.11 Å². The van der Waals surface area contributed by atoms with Crippen LogP contribution in [0.15, 0.2) is 0 Å². The number of fused-ring (bicyclic) bond motifs is 1. The van der Waals surface area contributed by atoms with Gasteiger partial charge in [0.15, 0.2) is 9.84 Å². The van der Waals surface area contributed by atoms with Crippen LogP contribution in [0.1, 0.15) is 21.9 Å². The van der Waals surface area contributed by atoms with E-state index in [1.54, 1.807) is 0 Å². The van der Waals surface area contributed by atoms with Crippen LogP contribution in [0.4, 0.5) is 0 Å². The summed E-state index contributed by atoms with van der Waals surface area (Å²) in [6, 6.07) is 0. The van der Waals surface area contributed by atoms with Crippen molar-refractivity contribution < 1.29 is 23.1 Å². The predicted octanol–water partition coefficient (Wildman–Crippen LogP) is -0.346. The molecule has 0 bridgehead atoms. The maximum Gasteiger partial charge on any atom is 0.374 e. The van der Waals surface area contributed by atoms with Crippen LogP contribution >= 0.6 is 0 Å². The number of carboxylic acids is 1. The first-order valence-corrected chi connectivity index (χ1v) is 6.62. The van der Waals surface area contributed by atoms with Gasteiger partial charge in [0, 0.05) is 5.56 Å². The number of rotatable bonds is 2. The van der Waals surface area contributed by atoms with Gasteiger partial charge in [0.05, 0.1) is 24.3 Å². The number of hydrogen-bond donors (Lipinski definition) is 1. The van der Waals surface area contributed by atoms with E-state index >= 15 is 0 Å². The molecule has 1 aliphatic rings. The molecule has 1 N–H and O–H groups in total. The summed E-state index contributed by atoms with van der Waals surface area (Å²) in [6.45, 7) is 0. The Morgan fingerprint density at radius 2 is 2.12 bits per heavy atom. The van der Waals surface area contributed by atoms with Gasteiger partial charge >= 0.3 is 5.97 Å². The van der Waals surface area contributed by atoms with Crippen molar-refractivity contribution in [3.63, 3.8) is 0 Å². The lowest BCUT2D eigenvalue weighted by Crippen LogP contribution is -2.23. The number of ether oxygens (including phenoxy) is 1. The largest absolute Gasteiger partial charge is 0.481 e. The van der Waals surface area contributed by atoms with Gasteiger partial charge in [0.1, 0.15) is 0 Å². The second-order valence-corrected chi connectivity index (χ2v) is 5.81. The molecule has 0 aliphatic carbocycles. The minimum absolute atomic E-state index is 0.00609. The monoisotopic (exact) mass is 258 g/mol. The molecule has 8 heteroatoms. The number of hydrogen-bond acceptors (Lipinski definition) is 6. The molecule has 0 saturated heterocycles. The normalized spacial score (nSPS) is 17.2. The van der Waals surface area contributed by atoms with E-state index in [0.29, 0.717) is 5.56 Å². The number of carbonyl (C=O) groups is 1. The number of methoxy groups -OCH3 is 1. The average molecular weight is 258 g/mol. The Hall–Kier alpha value is -1.70. The smallest absolute Gasteiger partial charge is 0.374 e. The quantitative estimate of drug-likeness (QED) is 0.772. The van der Waals surface area contributed by atoms with Crippen LogP contribution in [0.5, 0.6) is 5.88 Å². The Bertz CT molecular complexity index is 581. The van der Waals surface area contributed by atoms with E-state index in [0.717, 1.165) is 0 Å². The van der Waals surface area contributed by atoms with E-state index in [-0.39, 0.29) is 29.5 Å². The van der Waals surface area contributed by atoms with Crippen LogP contribution in [-0.2, 0) is 22.0 Å². The van der Waals surface area contributed by atoms with Gasteiger partial charge in [-0.05, 0) is 6.42 Å². The topological polar surface area (TPSA) is 106 Å². The molecule has 1 aromatic rings. The van der Waals surface area contributed by atoms with Crippen molar-refractivity contribution in [2.45, 2.75) is 12.2 Å². The summed E-state index contributed by atoms with van der Waals surface area (Å²) in [5.74, 6) is -1.87. The fraction of sp³-hybridized carbons (Fsp3) is 0.444. The fourth-order valence-corrected chi connectivity index (χ4v) is 3.00. The highest BCUT2D eigenvalue weighted by molar-refractivity contribution is 7.90. The molecule has 92 valence electrons. The number of aromatic nitrogens is 2. The van der Waals surface area contributed by atoms with Gasteiger partial charge in [-0.1, -0.05) is 0 Å². The average Bonchev–Trinajstić information content (AvgIpc) is 2.25. The van der Waals surface area contributed by atoms with Gasteiger partial charge in [-0.15, -0.1) is 0 Å². The van der Waals surface area contributed by atoms with Crippen LogP contribution < -0.4 is 4.74 Å². The maximum absolute atomic E-state index is 11.4. The van der Waals surface area contributed by atoms with Crippen LogP contribution in [0, 0.1) is 0 Å². The first kappa shape index (κ1) is 11.8. The molecule has 0 saturated carbocycles. The van der Waals surface area contributed by atoms with Crippen molar-refractivity contribution in [3.05, 3.63) is 17.1 Å².